The van der Waals surface area contributed by atoms with Gasteiger partial charge in [-0.05, 0) is 26.8 Å². The molecule has 1 unspecified atom stereocenters. The van der Waals surface area contributed by atoms with Crippen molar-refractivity contribution in [2.75, 3.05) is 0 Å². The Balaban J connectivity index is 1.97. The Morgan fingerprint density at radius 1 is 0.926 bits per heavy atom. The van der Waals surface area contributed by atoms with Crippen LogP contribution in [0, 0.1) is 0 Å². The van der Waals surface area contributed by atoms with Gasteiger partial charge < -0.3 is 4.74 Å². The Morgan fingerprint density at radius 3 is 2.15 bits per heavy atom. The number of fused-ring (bicyclic) bond motifs is 1. The Kier molecular flexibility index (Phi) is 5.16. The average molecular weight is 364 g/mol. The van der Waals surface area contributed by atoms with E-state index in [0.29, 0.717) is 16.3 Å². The van der Waals surface area contributed by atoms with E-state index in [4.69, 9.17) is 4.74 Å². The highest BCUT2D eigenvalue weighted by molar-refractivity contribution is 6.05. The third-order valence-electron chi connectivity index (χ3n) is 4.22. The van der Waals surface area contributed by atoms with Gasteiger partial charge >= 0.3 is 5.97 Å². The number of Topliss-reactive ketones (excluding diaryl/α,β-unsaturated/α-hetero) is 1. The molecule has 1 atom stereocenters. The van der Waals surface area contributed by atoms with Gasteiger partial charge in [0.05, 0.1) is 11.4 Å². The number of ether oxygens (including phenoxy) is 1. The van der Waals surface area contributed by atoms with Gasteiger partial charge in [-0.3, -0.25) is 9.59 Å². The molecule has 1 aromatic heterocycles. The van der Waals surface area contributed by atoms with Gasteiger partial charge in [-0.2, -0.15) is 5.10 Å². The third kappa shape index (κ3) is 3.65. The highest BCUT2D eigenvalue weighted by Gasteiger charge is 2.24. The zero-order valence-electron chi connectivity index (χ0n) is 15.4. The first-order valence-corrected chi connectivity index (χ1v) is 8.72. The molecule has 0 bridgehead atoms. The highest BCUT2D eigenvalue weighted by Crippen LogP contribution is 2.17. The van der Waals surface area contributed by atoms with Crippen molar-refractivity contribution in [2.24, 2.45) is 0 Å². The van der Waals surface area contributed by atoms with Gasteiger partial charge in [0, 0.05) is 10.9 Å². The van der Waals surface area contributed by atoms with Crippen molar-refractivity contribution in [1.82, 2.24) is 9.78 Å². The maximum absolute atomic E-state index is 12.7. The van der Waals surface area contributed by atoms with E-state index in [-0.39, 0.29) is 23.1 Å². The second-order valence-corrected chi connectivity index (χ2v) is 6.52. The van der Waals surface area contributed by atoms with Crippen molar-refractivity contribution < 1.29 is 14.3 Å². The van der Waals surface area contributed by atoms with Crippen molar-refractivity contribution in [1.29, 1.82) is 0 Å². The molecule has 0 spiro atoms. The van der Waals surface area contributed by atoms with Crippen LogP contribution in [0.1, 0.15) is 47.7 Å². The Bertz CT molecular complexity index is 1050. The number of hydrogen-bond acceptors (Lipinski definition) is 5. The molecule has 0 aliphatic carbocycles. The zero-order valence-corrected chi connectivity index (χ0v) is 15.4. The molecule has 3 rings (SSSR count). The molecule has 6 nitrogen and oxygen atoms in total. The van der Waals surface area contributed by atoms with Crippen molar-refractivity contribution >= 4 is 22.5 Å². The topological polar surface area (TPSA) is 78.3 Å². The standard InChI is InChI=1S/C21H20N2O4/c1-13(2)23-20(25)17-12-8-7-11-16(17)18(22-23)21(26)27-14(3)19(24)15-9-5-4-6-10-15/h4-14H,1-3H3. The molecular weight excluding hydrogens is 344 g/mol. The van der Waals surface area contributed by atoms with E-state index in [0.717, 1.165) is 0 Å². The summed E-state index contributed by atoms with van der Waals surface area (Å²) in [6.45, 7) is 5.13. The van der Waals surface area contributed by atoms with Crippen molar-refractivity contribution in [3.05, 3.63) is 76.2 Å². The molecule has 0 fully saturated rings. The second-order valence-electron chi connectivity index (χ2n) is 6.52. The summed E-state index contributed by atoms with van der Waals surface area (Å²) in [5, 5.41) is 4.99. The van der Waals surface area contributed by atoms with E-state index >= 15 is 0 Å². The molecule has 0 amide bonds. The van der Waals surface area contributed by atoms with E-state index in [1.54, 1.807) is 68.4 Å². The summed E-state index contributed by atoms with van der Waals surface area (Å²) >= 11 is 0. The molecule has 0 saturated heterocycles. The first kappa shape index (κ1) is 18.5. The lowest BCUT2D eigenvalue weighted by Gasteiger charge is -2.15. The quantitative estimate of drug-likeness (QED) is 0.512. The van der Waals surface area contributed by atoms with Crippen LogP contribution in [-0.2, 0) is 4.74 Å². The minimum absolute atomic E-state index is 0.0200. The van der Waals surface area contributed by atoms with Gasteiger partial charge in [0.15, 0.2) is 11.8 Å². The average Bonchev–Trinajstić information content (AvgIpc) is 2.68. The number of esters is 1. The van der Waals surface area contributed by atoms with E-state index in [2.05, 4.69) is 5.10 Å². The Labute approximate surface area is 156 Å². The summed E-state index contributed by atoms with van der Waals surface area (Å²) in [7, 11) is 0. The zero-order chi connectivity index (χ0) is 19.6. The summed E-state index contributed by atoms with van der Waals surface area (Å²) in [6.07, 6.45) is -0.972. The molecule has 0 aliphatic rings. The lowest BCUT2D eigenvalue weighted by atomic mass is 10.1. The highest BCUT2D eigenvalue weighted by atomic mass is 16.5. The summed E-state index contributed by atoms with van der Waals surface area (Å²) < 4.78 is 6.62. The van der Waals surface area contributed by atoms with Crippen LogP contribution in [0.25, 0.3) is 10.8 Å². The van der Waals surface area contributed by atoms with Crippen LogP contribution in [0.15, 0.2) is 59.4 Å². The lowest BCUT2D eigenvalue weighted by Crippen LogP contribution is -2.30. The SMILES string of the molecule is CC(OC(=O)c1nn(C(C)C)c(=O)c2ccccc12)C(=O)c1ccccc1. The molecular formula is C21H20N2O4. The summed E-state index contributed by atoms with van der Waals surface area (Å²) in [5.41, 5.74) is 0.208. The normalized spacial score (nSPS) is 12.1. The summed E-state index contributed by atoms with van der Waals surface area (Å²) in [6, 6.07) is 15.1. The minimum Gasteiger partial charge on any atom is -0.449 e. The van der Waals surface area contributed by atoms with Gasteiger partial charge in [0.2, 0.25) is 5.78 Å². The molecule has 3 aromatic rings. The molecule has 2 aromatic carbocycles. The molecule has 0 radical (unpaired) electrons. The predicted molar refractivity (Wildman–Crippen MR) is 102 cm³/mol. The number of hydrogen-bond donors (Lipinski definition) is 0. The maximum atomic E-state index is 12.7. The second kappa shape index (κ2) is 7.53. The van der Waals surface area contributed by atoms with Crippen LogP contribution in [0.2, 0.25) is 0 Å². The Morgan fingerprint density at radius 2 is 1.52 bits per heavy atom. The molecule has 0 N–H and O–H groups in total. The lowest BCUT2D eigenvalue weighted by molar-refractivity contribution is 0.0312. The fourth-order valence-corrected chi connectivity index (χ4v) is 2.81. The van der Waals surface area contributed by atoms with Crippen molar-refractivity contribution in [3.63, 3.8) is 0 Å². The smallest absolute Gasteiger partial charge is 0.360 e. The van der Waals surface area contributed by atoms with E-state index < -0.39 is 12.1 Å². The molecule has 0 saturated carbocycles. The number of carbonyl (C=O) groups excluding carboxylic acids is 2. The molecule has 1 heterocycles. The summed E-state index contributed by atoms with van der Waals surface area (Å²) in [4.78, 5) is 37.7. The van der Waals surface area contributed by atoms with Crippen LogP contribution < -0.4 is 5.56 Å². The third-order valence-corrected chi connectivity index (χ3v) is 4.22. The fourth-order valence-electron chi connectivity index (χ4n) is 2.81. The predicted octanol–water partition coefficient (Wildman–Crippen LogP) is 3.41. The summed E-state index contributed by atoms with van der Waals surface area (Å²) in [5.74, 6) is -1.04. The van der Waals surface area contributed by atoms with Crippen molar-refractivity contribution in [2.45, 2.75) is 32.9 Å². The van der Waals surface area contributed by atoms with Crippen LogP contribution in [0.4, 0.5) is 0 Å². The molecule has 6 heteroatoms. The number of benzene rings is 2. The number of aromatic nitrogens is 2. The molecule has 138 valence electrons. The number of rotatable bonds is 5. The van der Waals surface area contributed by atoms with Crippen molar-refractivity contribution in [3.8, 4) is 0 Å². The Hall–Kier alpha value is -3.28. The molecule has 0 aliphatic heterocycles. The van der Waals surface area contributed by atoms with E-state index in [1.807, 2.05) is 0 Å². The molecule has 27 heavy (non-hydrogen) atoms. The number of ketones is 1. The van der Waals surface area contributed by atoms with Crippen LogP contribution in [-0.4, -0.2) is 27.6 Å². The minimum atomic E-state index is -0.972. The van der Waals surface area contributed by atoms with E-state index in [1.165, 1.54) is 11.6 Å². The van der Waals surface area contributed by atoms with Gasteiger partial charge in [0.25, 0.3) is 5.56 Å². The number of nitrogens with zero attached hydrogens (tertiary/aromatic N) is 2. The monoisotopic (exact) mass is 364 g/mol. The van der Waals surface area contributed by atoms with Gasteiger partial charge in [-0.1, -0.05) is 48.5 Å². The first-order valence-electron chi connectivity index (χ1n) is 8.72. The largest absolute Gasteiger partial charge is 0.449 e. The number of carbonyl (C=O) groups is 2. The fraction of sp³-hybridized carbons (Fsp3) is 0.238. The van der Waals surface area contributed by atoms with Gasteiger partial charge in [0.1, 0.15) is 0 Å². The van der Waals surface area contributed by atoms with E-state index in [9.17, 15) is 14.4 Å². The maximum Gasteiger partial charge on any atom is 0.360 e. The first-order chi connectivity index (χ1) is 12.9. The van der Waals surface area contributed by atoms with Crippen LogP contribution in [0.3, 0.4) is 0 Å². The van der Waals surface area contributed by atoms with Crippen LogP contribution >= 0.6 is 0 Å². The van der Waals surface area contributed by atoms with Gasteiger partial charge in [-0.15, -0.1) is 0 Å². The van der Waals surface area contributed by atoms with Gasteiger partial charge in [-0.25, -0.2) is 9.48 Å². The van der Waals surface area contributed by atoms with Crippen LogP contribution in [0.5, 0.6) is 0 Å².